The maximum absolute atomic E-state index is 9.87. The number of rotatable bonds is 7. The first-order valence-corrected chi connectivity index (χ1v) is 7.65. The summed E-state index contributed by atoms with van der Waals surface area (Å²) in [6.07, 6.45) is -0.384. The predicted octanol–water partition coefficient (Wildman–Crippen LogP) is 2.02. The number of thioether (sulfide) groups is 1. The normalized spacial score (nSPS) is 13.1. The molecule has 6 heteroatoms. The smallest absolute Gasteiger partial charge is 0.166 e. The van der Waals surface area contributed by atoms with Gasteiger partial charge in [-0.1, -0.05) is 25.6 Å². The molecule has 0 amide bonds. The van der Waals surface area contributed by atoms with Crippen molar-refractivity contribution in [3.8, 4) is 5.75 Å². The molecule has 2 aromatic rings. The number of hydrogen-bond acceptors (Lipinski definition) is 5. The summed E-state index contributed by atoms with van der Waals surface area (Å²) in [6.45, 7) is 4.72. The molecule has 0 spiro atoms. The molecular formula is C14H21N3O2S. The topological polar surface area (TPSA) is 70.2 Å². The molecule has 0 saturated heterocycles. The van der Waals surface area contributed by atoms with Crippen molar-refractivity contribution in [1.82, 2.24) is 15.3 Å². The van der Waals surface area contributed by atoms with Gasteiger partial charge in [0.25, 0.3) is 0 Å². The van der Waals surface area contributed by atoms with E-state index in [0.29, 0.717) is 18.3 Å². The number of aromatic amines is 1. The number of H-pyrrole nitrogens is 1. The van der Waals surface area contributed by atoms with Gasteiger partial charge in [-0.15, -0.1) is 0 Å². The minimum absolute atomic E-state index is 0.383. The summed E-state index contributed by atoms with van der Waals surface area (Å²) in [4.78, 5) is 7.71. The second-order valence-electron chi connectivity index (χ2n) is 4.95. The van der Waals surface area contributed by atoms with Crippen molar-refractivity contribution in [2.24, 2.45) is 0 Å². The molecule has 0 aliphatic heterocycles. The molecule has 0 fully saturated rings. The number of aromatic nitrogens is 2. The molecule has 20 heavy (non-hydrogen) atoms. The molecular weight excluding hydrogens is 274 g/mol. The van der Waals surface area contributed by atoms with Gasteiger partial charge in [-0.3, -0.25) is 0 Å². The first-order chi connectivity index (χ1) is 9.58. The van der Waals surface area contributed by atoms with Crippen molar-refractivity contribution < 1.29 is 9.84 Å². The van der Waals surface area contributed by atoms with Gasteiger partial charge in [-0.05, 0) is 12.1 Å². The van der Waals surface area contributed by atoms with Crippen LogP contribution in [0.2, 0.25) is 0 Å². The molecule has 1 atom stereocenters. The Labute approximate surface area is 123 Å². The zero-order valence-electron chi connectivity index (χ0n) is 12.0. The van der Waals surface area contributed by atoms with E-state index in [0.717, 1.165) is 21.9 Å². The number of nitrogens with one attached hydrogen (secondary N) is 2. The van der Waals surface area contributed by atoms with Gasteiger partial charge in [0.05, 0.1) is 24.2 Å². The van der Waals surface area contributed by atoms with Crippen LogP contribution in [0.4, 0.5) is 0 Å². The molecule has 5 nitrogen and oxygen atoms in total. The summed E-state index contributed by atoms with van der Waals surface area (Å²) in [7, 11) is 1.64. The number of aliphatic hydroxyl groups is 1. The van der Waals surface area contributed by atoms with Gasteiger partial charge in [-0.25, -0.2) is 4.98 Å². The van der Waals surface area contributed by atoms with Crippen LogP contribution in [0.25, 0.3) is 11.0 Å². The van der Waals surface area contributed by atoms with Crippen molar-refractivity contribution in [2.75, 3.05) is 19.4 Å². The fraction of sp³-hybridized carbons (Fsp3) is 0.500. The Morgan fingerprint density at radius 3 is 2.95 bits per heavy atom. The van der Waals surface area contributed by atoms with E-state index >= 15 is 0 Å². The van der Waals surface area contributed by atoms with Crippen LogP contribution in [0.3, 0.4) is 0 Å². The van der Waals surface area contributed by atoms with E-state index in [4.69, 9.17) is 4.74 Å². The minimum Gasteiger partial charge on any atom is -0.497 e. The highest BCUT2D eigenvalue weighted by atomic mass is 32.2. The van der Waals surface area contributed by atoms with Crippen LogP contribution >= 0.6 is 11.8 Å². The van der Waals surface area contributed by atoms with E-state index in [2.05, 4.69) is 29.1 Å². The molecule has 110 valence electrons. The van der Waals surface area contributed by atoms with Gasteiger partial charge in [0, 0.05) is 24.4 Å². The van der Waals surface area contributed by atoms with Crippen molar-refractivity contribution in [3.63, 3.8) is 0 Å². The summed E-state index contributed by atoms with van der Waals surface area (Å²) < 4.78 is 5.18. The molecule has 1 aromatic carbocycles. The Morgan fingerprint density at radius 1 is 1.45 bits per heavy atom. The second kappa shape index (κ2) is 6.97. The quantitative estimate of drug-likeness (QED) is 0.682. The monoisotopic (exact) mass is 295 g/mol. The number of ether oxygens (including phenoxy) is 1. The summed E-state index contributed by atoms with van der Waals surface area (Å²) in [5, 5.41) is 13.9. The molecule has 0 bridgehead atoms. The van der Waals surface area contributed by atoms with Crippen molar-refractivity contribution >= 4 is 22.8 Å². The summed E-state index contributed by atoms with van der Waals surface area (Å²) >= 11 is 1.52. The van der Waals surface area contributed by atoms with E-state index in [-0.39, 0.29) is 6.10 Å². The summed E-state index contributed by atoms with van der Waals surface area (Å²) in [6, 6.07) is 6.11. The third-order valence-corrected chi connectivity index (χ3v) is 3.86. The summed E-state index contributed by atoms with van der Waals surface area (Å²) in [5.41, 5.74) is 1.85. The zero-order valence-corrected chi connectivity index (χ0v) is 12.8. The maximum atomic E-state index is 9.87. The molecule has 0 aliphatic carbocycles. The van der Waals surface area contributed by atoms with E-state index in [1.807, 2.05) is 18.2 Å². The van der Waals surface area contributed by atoms with Crippen molar-refractivity contribution in [2.45, 2.75) is 31.1 Å². The van der Waals surface area contributed by atoms with Crippen molar-refractivity contribution in [1.29, 1.82) is 0 Å². The van der Waals surface area contributed by atoms with Gasteiger partial charge in [-0.2, -0.15) is 0 Å². The third kappa shape index (κ3) is 4.13. The average molecular weight is 295 g/mol. The van der Waals surface area contributed by atoms with E-state index in [1.54, 1.807) is 7.11 Å². The highest BCUT2D eigenvalue weighted by Gasteiger charge is 2.09. The van der Waals surface area contributed by atoms with Crippen LogP contribution in [0.5, 0.6) is 5.75 Å². The first kappa shape index (κ1) is 15.2. The maximum Gasteiger partial charge on any atom is 0.166 e. The van der Waals surface area contributed by atoms with Gasteiger partial charge in [0.1, 0.15) is 5.75 Å². The lowest BCUT2D eigenvalue weighted by Gasteiger charge is -2.12. The standard InChI is InChI=1S/C14H21N3O2S/c1-9(2)15-7-10(18)8-20-14-16-12-5-4-11(19-3)6-13(12)17-14/h4-6,9-10,15,18H,7-8H2,1-3H3,(H,16,17). The summed E-state index contributed by atoms with van der Waals surface area (Å²) in [5.74, 6) is 1.41. The predicted molar refractivity (Wildman–Crippen MR) is 82.5 cm³/mol. The fourth-order valence-corrected chi connectivity index (χ4v) is 2.58. The molecule has 0 saturated carbocycles. The zero-order chi connectivity index (χ0) is 14.5. The minimum atomic E-state index is -0.384. The number of imidazole rings is 1. The molecule has 1 unspecified atom stereocenters. The molecule has 0 radical (unpaired) electrons. The number of fused-ring (bicyclic) bond motifs is 1. The lowest BCUT2D eigenvalue weighted by atomic mass is 10.3. The van der Waals surface area contributed by atoms with E-state index in [1.165, 1.54) is 11.8 Å². The SMILES string of the molecule is COc1ccc2nc(SCC(O)CNC(C)C)[nH]c2c1. The Hall–Kier alpha value is -1.24. The van der Waals surface area contributed by atoms with Crippen molar-refractivity contribution in [3.05, 3.63) is 18.2 Å². The molecule has 0 aliphatic rings. The Bertz CT molecular complexity index is 556. The number of hydrogen-bond donors (Lipinski definition) is 3. The fourth-order valence-electron chi connectivity index (χ4n) is 1.77. The van der Waals surface area contributed by atoms with Gasteiger partial charge in [0.15, 0.2) is 5.16 Å². The lowest BCUT2D eigenvalue weighted by Crippen LogP contribution is -2.33. The number of methoxy groups -OCH3 is 1. The van der Waals surface area contributed by atoms with Crippen LogP contribution in [0.1, 0.15) is 13.8 Å². The lowest BCUT2D eigenvalue weighted by molar-refractivity contribution is 0.192. The van der Waals surface area contributed by atoms with Crippen LogP contribution < -0.4 is 10.1 Å². The molecule has 1 heterocycles. The third-order valence-electron chi connectivity index (χ3n) is 2.84. The average Bonchev–Trinajstić information content (AvgIpc) is 2.84. The largest absolute Gasteiger partial charge is 0.497 e. The first-order valence-electron chi connectivity index (χ1n) is 6.66. The van der Waals surface area contributed by atoms with Gasteiger partial charge in [0.2, 0.25) is 0 Å². The van der Waals surface area contributed by atoms with E-state index < -0.39 is 0 Å². The molecule has 1 aromatic heterocycles. The number of aliphatic hydroxyl groups excluding tert-OH is 1. The Morgan fingerprint density at radius 2 is 2.25 bits per heavy atom. The molecule has 2 rings (SSSR count). The van der Waals surface area contributed by atoms with E-state index in [9.17, 15) is 5.11 Å². The van der Waals surface area contributed by atoms with Gasteiger partial charge >= 0.3 is 0 Å². The Balaban J connectivity index is 1.93. The second-order valence-corrected chi connectivity index (χ2v) is 5.96. The number of benzene rings is 1. The van der Waals surface area contributed by atoms with Crippen LogP contribution in [-0.2, 0) is 0 Å². The Kier molecular flexibility index (Phi) is 5.28. The van der Waals surface area contributed by atoms with Crippen LogP contribution in [0, 0.1) is 0 Å². The van der Waals surface area contributed by atoms with Gasteiger partial charge < -0.3 is 20.1 Å². The van der Waals surface area contributed by atoms with Crippen LogP contribution in [-0.4, -0.2) is 46.6 Å². The van der Waals surface area contributed by atoms with Crippen LogP contribution in [0.15, 0.2) is 23.4 Å². The highest BCUT2D eigenvalue weighted by molar-refractivity contribution is 7.99. The highest BCUT2D eigenvalue weighted by Crippen LogP contribution is 2.23. The molecule has 3 N–H and O–H groups in total. The number of nitrogens with zero attached hydrogens (tertiary/aromatic N) is 1.